The van der Waals surface area contributed by atoms with Gasteiger partial charge in [0.1, 0.15) is 12.1 Å². The van der Waals surface area contributed by atoms with Gasteiger partial charge in [-0.3, -0.25) is 0 Å². The lowest BCUT2D eigenvalue weighted by molar-refractivity contribution is -0.363. The lowest BCUT2D eigenvalue weighted by atomic mass is 9.97. The van der Waals surface area contributed by atoms with E-state index in [-0.39, 0.29) is 0 Å². The number of nitrogens with zero attached hydrogens (tertiary/aromatic N) is 5. The van der Waals surface area contributed by atoms with Gasteiger partial charge in [0.15, 0.2) is 5.82 Å². The van der Waals surface area contributed by atoms with Crippen molar-refractivity contribution in [3.05, 3.63) is 42.0 Å². The fraction of sp³-hybridized carbons (Fsp3) is 0.421. The summed E-state index contributed by atoms with van der Waals surface area (Å²) < 4.78 is 222. The number of alkyl halides is 16. The third-order valence-electron chi connectivity index (χ3n) is 4.88. The molecule has 2 rings (SSSR count). The number of halogens is 16. The molecule has 0 saturated carbocycles. The Labute approximate surface area is 209 Å². The minimum absolute atomic E-state index is 0.631. The minimum atomic E-state index is -7.50. The standard InChI is InChI=1S/C19H5F16N5/c20-12(21,6-36)16(28,29)18(32,33)14(24,25)10-38-9(8-4-2-1-3-5-8)39-11(40-10)15(26,27)19(34,35)17(30,31)13(22,23)7-37/h1-5H. The van der Waals surface area contributed by atoms with E-state index in [1.165, 1.54) is 0 Å². The number of hydrogen-bond acceptors (Lipinski definition) is 5. The Bertz CT molecular complexity index is 1260. The Morgan fingerprint density at radius 3 is 1.10 bits per heavy atom. The van der Waals surface area contributed by atoms with Crippen LogP contribution in [0.15, 0.2) is 30.3 Å². The molecule has 5 nitrogen and oxygen atoms in total. The van der Waals surface area contributed by atoms with Gasteiger partial charge in [0.05, 0.1) is 0 Å². The summed E-state index contributed by atoms with van der Waals surface area (Å²) in [7, 11) is 0. The molecule has 1 aromatic carbocycles. The van der Waals surface area contributed by atoms with Crippen molar-refractivity contribution in [2.45, 2.75) is 47.4 Å². The molecule has 0 bridgehead atoms. The number of rotatable bonds is 9. The van der Waals surface area contributed by atoms with Crippen molar-refractivity contribution in [2.75, 3.05) is 0 Å². The Balaban J connectivity index is 2.96. The first-order valence-corrected chi connectivity index (χ1v) is 9.47. The second-order valence-electron chi connectivity index (χ2n) is 7.49. The second-order valence-corrected chi connectivity index (χ2v) is 7.49. The molecule has 218 valence electrons. The van der Waals surface area contributed by atoms with Gasteiger partial charge in [0, 0.05) is 5.56 Å². The molecule has 0 aliphatic heterocycles. The second kappa shape index (κ2) is 9.34. The zero-order valence-corrected chi connectivity index (χ0v) is 18.2. The van der Waals surface area contributed by atoms with E-state index in [1.54, 1.807) is 4.98 Å². The van der Waals surface area contributed by atoms with Crippen LogP contribution in [-0.4, -0.2) is 50.5 Å². The largest absolute Gasteiger partial charge is 0.400 e. The molecule has 0 unspecified atom stereocenters. The molecular weight excluding hydrogens is 602 g/mol. The van der Waals surface area contributed by atoms with E-state index in [0.717, 1.165) is 18.2 Å². The van der Waals surface area contributed by atoms with Crippen molar-refractivity contribution in [3.63, 3.8) is 0 Å². The van der Waals surface area contributed by atoms with Crippen LogP contribution >= 0.6 is 0 Å². The van der Waals surface area contributed by atoms with Gasteiger partial charge in [0.2, 0.25) is 11.6 Å². The first kappa shape index (κ1) is 32.3. The fourth-order valence-corrected chi connectivity index (χ4v) is 2.58. The highest BCUT2D eigenvalue weighted by Gasteiger charge is 2.84. The topological polar surface area (TPSA) is 86.2 Å². The molecule has 40 heavy (non-hydrogen) atoms. The van der Waals surface area contributed by atoms with E-state index in [2.05, 4.69) is 9.97 Å². The first-order valence-electron chi connectivity index (χ1n) is 9.47. The summed E-state index contributed by atoms with van der Waals surface area (Å²) in [6, 6.07) is 2.71. The third kappa shape index (κ3) is 4.40. The van der Waals surface area contributed by atoms with Crippen LogP contribution in [0.1, 0.15) is 11.6 Å². The highest BCUT2D eigenvalue weighted by atomic mass is 19.4. The van der Waals surface area contributed by atoms with Gasteiger partial charge in [-0.15, -0.1) is 0 Å². The van der Waals surface area contributed by atoms with Crippen LogP contribution in [0, 0.1) is 22.7 Å². The predicted molar refractivity (Wildman–Crippen MR) is 94.0 cm³/mol. The molecule has 0 aliphatic rings. The van der Waals surface area contributed by atoms with Crippen LogP contribution in [0.4, 0.5) is 70.2 Å². The average Bonchev–Trinajstić information content (AvgIpc) is 2.88. The SMILES string of the molecule is N#CC(F)(F)C(F)(F)C(F)(F)C(F)(F)c1nc(-c2ccccc2)nc(C(F)(F)C(F)(F)C(F)(F)C(F)(F)C#N)n1. The monoisotopic (exact) mass is 607 g/mol. The maximum absolute atomic E-state index is 14.6. The lowest BCUT2D eigenvalue weighted by Crippen LogP contribution is -2.62. The highest BCUT2D eigenvalue weighted by molar-refractivity contribution is 5.54. The molecule has 0 amide bonds. The van der Waals surface area contributed by atoms with E-state index in [9.17, 15) is 70.2 Å². The van der Waals surface area contributed by atoms with E-state index in [1.807, 2.05) is 0 Å². The summed E-state index contributed by atoms with van der Waals surface area (Å²) >= 11 is 0. The van der Waals surface area contributed by atoms with Gasteiger partial charge in [-0.05, 0) is 0 Å². The summed E-state index contributed by atoms with van der Waals surface area (Å²) in [5, 5.41) is 16.0. The zero-order chi connectivity index (χ0) is 31.4. The zero-order valence-electron chi connectivity index (χ0n) is 18.2. The fourth-order valence-electron chi connectivity index (χ4n) is 2.58. The van der Waals surface area contributed by atoms with Crippen LogP contribution in [-0.2, 0) is 11.8 Å². The lowest BCUT2D eigenvalue weighted by Gasteiger charge is -2.35. The summed E-state index contributed by atoms with van der Waals surface area (Å²) in [5.74, 6) is -65.6. The minimum Gasteiger partial charge on any atom is -0.207 e. The number of aromatic nitrogens is 3. The molecule has 0 radical (unpaired) electrons. The van der Waals surface area contributed by atoms with Crippen molar-refractivity contribution in [2.24, 2.45) is 0 Å². The average molecular weight is 607 g/mol. The van der Waals surface area contributed by atoms with Crippen molar-refractivity contribution in [1.29, 1.82) is 10.5 Å². The van der Waals surface area contributed by atoms with E-state index in [0.29, 0.717) is 12.1 Å². The quantitative estimate of drug-likeness (QED) is 0.301. The molecule has 21 heteroatoms. The smallest absolute Gasteiger partial charge is 0.207 e. The van der Waals surface area contributed by atoms with Gasteiger partial charge in [-0.25, -0.2) is 15.0 Å². The highest BCUT2D eigenvalue weighted by Crippen LogP contribution is 2.58. The summed E-state index contributed by atoms with van der Waals surface area (Å²) in [5.41, 5.74) is -0.895. The van der Waals surface area contributed by atoms with Gasteiger partial charge < -0.3 is 0 Å². The van der Waals surface area contributed by atoms with Crippen LogP contribution in [0.5, 0.6) is 0 Å². The Kier molecular flexibility index (Phi) is 7.54. The van der Waals surface area contributed by atoms with Crippen molar-refractivity contribution < 1.29 is 70.2 Å². The molecule has 1 aromatic heterocycles. The van der Waals surface area contributed by atoms with Crippen molar-refractivity contribution in [1.82, 2.24) is 15.0 Å². The van der Waals surface area contributed by atoms with E-state index >= 15 is 0 Å². The molecule has 0 N–H and O–H groups in total. The van der Waals surface area contributed by atoms with Gasteiger partial charge in [-0.1, -0.05) is 30.3 Å². The van der Waals surface area contributed by atoms with Gasteiger partial charge in [0.25, 0.3) is 0 Å². The number of hydrogen-bond donors (Lipinski definition) is 0. The number of benzene rings is 1. The van der Waals surface area contributed by atoms with Crippen molar-refractivity contribution >= 4 is 0 Å². The van der Waals surface area contributed by atoms with Crippen LogP contribution < -0.4 is 0 Å². The molecule has 0 aliphatic carbocycles. The Morgan fingerprint density at radius 1 is 0.475 bits per heavy atom. The molecule has 1 heterocycles. The van der Waals surface area contributed by atoms with E-state index < -0.39 is 82.6 Å². The molecular formula is C19H5F16N5. The van der Waals surface area contributed by atoms with Crippen LogP contribution in [0.2, 0.25) is 0 Å². The van der Waals surface area contributed by atoms with Crippen molar-refractivity contribution in [3.8, 4) is 23.5 Å². The maximum Gasteiger partial charge on any atom is 0.400 e. The maximum atomic E-state index is 14.6. The summed E-state index contributed by atoms with van der Waals surface area (Å²) in [4.78, 5) is 6.49. The molecule has 0 saturated heterocycles. The van der Waals surface area contributed by atoms with E-state index in [4.69, 9.17) is 10.5 Å². The number of nitriles is 2. The summed E-state index contributed by atoms with van der Waals surface area (Å²) in [6.45, 7) is 0. The molecule has 0 fully saturated rings. The Morgan fingerprint density at radius 2 is 0.800 bits per heavy atom. The first-order chi connectivity index (χ1) is 17.8. The normalized spacial score (nSPS) is 14.4. The van der Waals surface area contributed by atoms with Gasteiger partial charge in [-0.2, -0.15) is 80.8 Å². The molecule has 0 atom stereocenters. The van der Waals surface area contributed by atoms with Gasteiger partial charge >= 0.3 is 47.4 Å². The molecule has 0 spiro atoms. The predicted octanol–water partition coefficient (Wildman–Crippen LogP) is 6.58. The third-order valence-corrected chi connectivity index (χ3v) is 4.88. The molecule has 2 aromatic rings. The summed E-state index contributed by atoms with van der Waals surface area (Å²) in [6.07, 6.45) is 0. The van der Waals surface area contributed by atoms with Crippen LogP contribution in [0.3, 0.4) is 0 Å². The van der Waals surface area contributed by atoms with Crippen LogP contribution in [0.25, 0.3) is 11.4 Å². The Hall–Kier alpha value is -3.91.